The maximum absolute atomic E-state index is 12.0. The number of hydrogen-bond acceptors (Lipinski definition) is 4. The van der Waals surface area contributed by atoms with Crippen molar-refractivity contribution in [3.05, 3.63) is 35.9 Å². The summed E-state index contributed by atoms with van der Waals surface area (Å²) in [5.74, 6) is -2.09. The van der Waals surface area contributed by atoms with Gasteiger partial charge < -0.3 is 20.9 Å². The lowest BCUT2D eigenvalue weighted by atomic mass is 10.0. The van der Waals surface area contributed by atoms with E-state index >= 15 is 0 Å². The van der Waals surface area contributed by atoms with Crippen LogP contribution in [0.25, 0.3) is 0 Å². The van der Waals surface area contributed by atoms with Crippen molar-refractivity contribution in [1.82, 2.24) is 5.32 Å². The molecule has 2 unspecified atom stereocenters. The van der Waals surface area contributed by atoms with Gasteiger partial charge in [0, 0.05) is 0 Å². The summed E-state index contributed by atoms with van der Waals surface area (Å²) in [6.45, 7) is 0.311. The number of carboxylic acids is 1. The summed E-state index contributed by atoms with van der Waals surface area (Å²) >= 11 is 0. The molecule has 0 saturated carbocycles. The van der Waals surface area contributed by atoms with Gasteiger partial charge >= 0.3 is 5.97 Å². The largest absolute Gasteiger partial charge is 0.481 e. The quantitative estimate of drug-likeness (QED) is 0.705. The fourth-order valence-electron chi connectivity index (χ4n) is 2.02. The molecule has 1 aromatic carbocycles. The Labute approximate surface area is 110 Å². The van der Waals surface area contributed by atoms with E-state index < -0.39 is 29.9 Å². The van der Waals surface area contributed by atoms with E-state index in [9.17, 15) is 9.59 Å². The first-order valence-electron chi connectivity index (χ1n) is 6.01. The Morgan fingerprint density at radius 3 is 2.63 bits per heavy atom. The molecule has 4 N–H and O–H groups in total. The fourth-order valence-corrected chi connectivity index (χ4v) is 2.02. The van der Waals surface area contributed by atoms with E-state index in [1.165, 1.54) is 0 Å². The van der Waals surface area contributed by atoms with Gasteiger partial charge in [0.05, 0.1) is 19.3 Å². The second-order valence-electron chi connectivity index (χ2n) is 4.49. The van der Waals surface area contributed by atoms with E-state index in [0.717, 1.165) is 0 Å². The van der Waals surface area contributed by atoms with Crippen LogP contribution in [0.2, 0.25) is 0 Å². The molecule has 0 spiro atoms. The maximum Gasteiger partial charge on any atom is 0.311 e. The van der Waals surface area contributed by atoms with E-state index in [1.807, 2.05) is 6.07 Å². The van der Waals surface area contributed by atoms with Gasteiger partial charge in [-0.25, -0.2) is 0 Å². The van der Waals surface area contributed by atoms with Crippen LogP contribution in [0, 0.1) is 5.92 Å². The number of benzene rings is 1. The van der Waals surface area contributed by atoms with Gasteiger partial charge in [0.2, 0.25) is 5.91 Å². The summed E-state index contributed by atoms with van der Waals surface area (Å²) in [5, 5.41) is 11.6. The van der Waals surface area contributed by atoms with Crippen LogP contribution in [0.1, 0.15) is 11.6 Å². The van der Waals surface area contributed by atoms with Gasteiger partial charge in [-0.05, 0) is 5.56 Å². The Morgan fingerprint density at radius 1 is 1.32 bits per heavy atom. The highest BCUT2D eigenvalue weighted by atomic mass is 16.5. The smallest absolute Gasteiger partial charge is 0.311 e. The SMILES string of the molecule is N[C@H](C(=O)NC1COCC1C(=O)O)c1ccccc1. The number of nitrogens with two attached hydrogens (primary N) is 1. The number of carbonyl (C=O) groups is 2. The molecular weight excluding hydrogens is 248 g/mol. The van der Waals surface area contributed by atoms with Gasteiger partial charge in [-0.3, -0.25) is 9.59 Å². The number of rotatable bonds is 4. The number of hydrogen-bond donors (Lipinski definition) is 3. The van der Waals surface area contributed by atoms with Gasteiger partial charge in [-0.1, -0.05) is 30.3 Å². The molecule has 1 aliphatic heterocycles. The van der Waals surface area contributed by atoms with Crippen molar-refractivity contribution in [3.63, 3.8) is 0 Å². The fraction of sp³-hybridized carbons (Fsp3) is 0.385. The molecule has 1 aliphatic rings. The number of carboxylic acid groups (broad SMARTS) is 1. The Bertz CT molecular complexity index is 463. The van der Waals surface area contributed by atoms with E-state index in [1.54, 1.807) is 24.3 Å². The van der Waals surface area contributed by atoms with E-state index in [2.05, 4.69) is 5.32 Å². The summed E-state index contributed by atoms with van der Waals surface area (Å²) in [5.41, 5.74) is 6.52. The van der Waals surface area contributed by atoms with Crippen molar-refractivity contribution in [2.75, 3.05) is 13.2 Å². The molecule has 3 atom stereocenters. The number of carbonyl (C=O) groups excluding carboxylic acids is 1. The molecule has 0 radical (unpaired) electrons. The molecule has 2 rings (SSSR count). The van der Waals surface area contributed by atoms with Crippen LogP contribution >= 0.6 is 0 Å². The highest BCUT2D eigenvalue weighted by molar-refractivity contribution is 5.84. The van der Waals surface area contributed by atoms with Crippen LogP contribution < -0.4 is 11.1 Å². The molecule has 6 nitrogen and oxygen atoms in total. The first-order valence-corrected chi connectivity index (χ1v) is 6.01. The summed E-state index contributed by atoms with van der Waals surface area (Å²) < 4.78 is 5.08. The molecular formula is C13H16N2O4. The predicted molar refractivity (Wildman–Crippen MR) is 67.2 cm³/mol. The van der Waals surface area contributed by atoms with Gasteiger partial charge in [-0.2, -0.15) is 0 Å². The zero-order valence-corrected chi connectivity index (χ0v) is 10.3. The standard InChI is InChI=1S/C13H16N2O4/c14-11(8-4-2-1-3-5-8)12(16)15-10-7-19-6-9(10)13(17)18/h1-5,9-11H,6-7,14H2,(H,15,16)(H,17,18)/t9?,10?,11-/m0/s1. The molecule has 1 heterocycles. The number of nitrogens with one attached hydrogen (secondary N) is 1. The third-order valence-corrected chi connectivity index (χ3v) is 3.17. The normalized spacial score (nSPS) is 23.8. The van der Waals surface area contributed by atoms with Crippen LogP contribution in [0.15, 0.2) is 30.3 Å². The van der Waals surface area contributed by atoms with Crippen molar-refractivity contribution in [2.24, 2.45) is 11.7 Å². The molecule has 1 amide bonds. The summed E-state index contributed by atoms with van der Waals surface area (Å²) in [4.78, 5) is 23.0. The lowest BCUT2D eigenvalue weighted by molar-refractivity contribution is -0.142. The van der Waals surface area contributed by atoms with Gasteiger partial charge in [-0.15, -0.1) is 0 Å². The second kappa shape index (κ2) is 5.81. The maximum atomic E-state index is 12.0. The van der Waals surface area contributed by atoms with Crippen molar-refractivity contribution in [3.8, 4) is 0 Å². The monoisotopic (exact) mass is 264 g/mol. The van der Waals surface area contributed by atoms with Crippen molar-refractivity contribution >= 4 is 11.9 Å². The van der Waals surface area contributed by atoms with Gasteiger partial charge in [0.1, 0.15) is 12.0 Å². The highest BCUT2D eigenvalue weighted by Crippen LogP contribution is 2.16. The zero-order chi connectivity index (χ0) is 13.8. The molecule has 0 aliphatic carbocycles. The molecule has 0 aromatic heterocycles. The molecule has 1 fully saturated rings. The lowest BCUT2D eigenvalue weighted by Crippen LogP contribution is -2.46. The summed E-state index contributed by atoms with van der Waals surface area (Å²) in [6.07, 6.45) is 0. The molecule has 0 bridgehead atoms. The Balaban J connectivity index is 1.99. The molecule has 19 heavy (non-hydrogen) atoms. The third kappa shape index (κ3) is 3.10. The average molecular weight is 264 g/mol. The van der Waals surface area contributed by atoms with Crippen LogP contribution in [0.5, 0.6) is 0 Å². The third-order valence-electron chi connectivity index (χ3n) is 3.17. The Morgan fingerprint density at radius 2 is 2.00 bits per heavy atom. The molecule has 1 saturated heterocycles. The predicted octanol–water partition coefficient (Wildman–Crippen LogP) is -0.0978. The van der Waals surface area contributed by atoms with Crippen molar-refractivity contribution in [1.29, 1.82) is 0 Å². The lowest BCUT2D eigenvalue weighted by Gasteiger charge is -2.19. The van der Waals surface area contributed by atoms with E-state index in [-0.39, 0.29) is 13.2 Å². The van der Waals surface area contributed by atoms with E-state index in [4.69, 9.17) is 15.6 Å². The van der Waals surface area contributed by atoms with Crippen molar-refractivity contribution < 1.29 is 19.4 Å². The Kier molecular flexibility index (Phi) is 4.13. The number of ether oxygens (including phenoxy) is 1. The van der Waals surface area contributed by atoms with Crippen molar-refractivity contribution in [2.45, 2.75) is 12.1 Å². The number of amides is 1. The van der Waals surface area contributed by atoms with E-state index in [0.29, 0.717) is 5.56 Å². The van der Waals surface area contributed by atoms with Crippen LogP contribution in [0.3, 0.4) is 0 Å². The molecule has 6 heteroatoms. The van der Waals surface area contributed by atoms with Gasteiger partial charge in [0.25, 0.3) is 0 Å². The molecule has 102 valence electrons. The number of aliphatic carboxylic acids is 1. The highest BCUT2D eigenvalue weighted by Gasteiger charge is 2.35. The van der Waals surface area contributed by atoms with Crippen LogP contribution in [-0.2, 0) is 14.3 Å². The van der Waals surface area contributed by atoms with Crippen LogP contribution in [-0.4, -0.2) is 36.2 Å². The molecule has 1 aromatic rings. The summed E-state index contributed by atoms with van der Waals surface area (Å²) in [7, 11) is 0. The minimum absolute atomic E-state index is 0.112. The minimum atomic E-state index is -0.976. The zero-order valence-electron chi connectivity index (χ0n) is 10.3. The first kappa shape index (κ1) is 13.5. The Hall–Kier alpha value is -1.92. The van der Waals surface area contributed by atoms with Gasteiger partial charge in [0.15, 0.2) is 0 Å². The first-order chi connectivity index (χ1) is 9.09. The topological polar surface area (TPSA) is 102 Å². The van der Waals surface area contributed by atoms with Crippen LogP contribution in [0.4, 0.5) is 0 Å². The minimum Gasteiger partial charge on any atom is -0.481 e. The average Bonchev–Trinajstić information content (AvgIpc) is 2.87. The second-order valence-corrected chi connectivity index (χ2v) is 4.49. The summed E-state index contributed by atoms with van der Waals surface area (Å²) in [6, 6.07) is 7.59.